The molecule has 0 saturated heterocycles. The van der Waals surface area contributed by atoms with Crippen LogP contribution in [0.1, 0.15) is 30.4 Å². The van der Waals surface area contributed by atoms with Crippen LogP contribution in [0, 0.1) is 11.7 Å². The van der Waals surface area contributed by atoms with Crippen LogP contribution >= 0.6 is 0 Å². The van der Waals surface area contributed by atoms with E-state index in [0.717, 1.165) is 19.3 Å². The first kappa shape index (κ1) is 14.7. The summed E-state index contributed by atoms with van der Waals surface area (Å²) in [6, 6.07) is 5.03. The van der Waals surface area contributed by atoms with E-state index in [1.165, 1.54) is 6.07 Å². The van der Waals surface area contributed by atoms with Crippen molar-refractivity contribution in [3.63, 3.8) is 0 Å². The summed E-state index contributed by atoms with van der Waals surface area (Å²) < 4.78 is 14.2. The highest BCUT2D eigenvalue weighted by Gasteiger charge is 2.26. The molecule has 1 aromatic carbocycles. The van der Waals surface area contributed by atoms with Crippen molar-refractivity contribution in [3.8, 4) is 0 Å². The number of nitrogens with zero attached hydrogens (tertiary/aromatic N) is 1. The van der Waals surface area contributed by atoms with Crippen molar-refractivity contribution in [1.29, 1.82) is 0 Å². The number of hydrogen-bond acceptors (Lipinski definition) is 4. The van der Waals surface area contributed by atoms with Crippen LogP contribution in [-0.2, 0) is 6.54 Å². The average molecular weight is 281 g/mol. The largest absolute Gasteiger partial charge is 0.409 e. The van der Waals surface area contributed by atoms with Crippen LogP contribution in [0.2, 0.25) is 0 Å². The van der Waals surface area contributed by atoms with Gasteiger partial charge in [-0.25, -0.2) is 4.39 Å². The zero-order valence-corrected chi connectivity index (χ0v) is 11.2. The monoisotopic (exact) mass is 281 g/mol. The number of oxime groups is 1. The molecule has 20 heavy (non-hydrogen) atoms. The van der Waals surface area contributed by atoms with E-state index in [0.29, 0.717) is 12.1 Å². The Balaban J connectivity index is 2.06. The Morgan fingerprint density at radius 2 is 2.25 bits per heavy atom. The number of hydrogen-bond donors (Lipinski definition) is 4. The molecule has 5 nitrogen and oxygen atoms in total. The summed E-state index contributed by atoms with van der Waals surface area (Å²) in [7, 11) is 0. The van der Waals surface area contributed by atoms with E-state index >= 15 is 0 Å². The summed E-state index contributed by atoms with van der Waals surface area (Å²) in [5.41, 5.74) is 6.00. The van der Waals surface area contributed by atoms with Crippen LogP contribution in [0.5, 0.6) is 0 Å². The van der Waals surface area contributed by atoms with Crippen LogP contribution < -0.4 is 11.1 Å². The number of nitrogens with two attached hydrogens (primary N) is 1. The molecule has 110 valence electrons. The molecule has 0 aliphatic heterocycles. The van der Waals surface area contributed by atoms with Crippen LogP contribution in [0.4, 0.5) is 4.39 Å². The molecule has 6 heteroatoms. The molecule has 5 N–H and O–H groups in total. The molecule has 0 heterocycles. The maximum atomic E-state index is 14.2. The van der Waals surface area contributed by atoms with Gasteiger partial charge >= 0.3 is 0 Å². The number of nitrogens with one attached hydrogen (secondary N) is 1. The third-order valence-corrected chi connectivity index (χ3v) is 3.91. The first-order valence-corrected chi connectivity index (χ1v) is 6.77. The molecule has 2 unspecified atom stereocenters. The SMILES string of the molecule is N/C(=N/O)c1cccc(CNC2CCCC2CO)c1F. The number of aliphatic hydroxyl groups is 1. The first-order chi connectivity index (χ1) is 9.67. The Hall–Kier alpha value is -1.66. The summed E-state index contributed by atoms with van der Waals surface area (Å²) in [5.74, 6) is -0.474. The van der Waals surface area contributed by atoms with Gasteiger partial charge in [0.2, 0.25) is 0 Å². The van der Waals surface area contributed by atoms with E-state index in [1.807, 2.05) is 0 Å². The van der Waals surface area contributed by atoms with Crippen molar-refractivity contribution >= 4 is 5.84 Å². The summed E-state index contributed by atoms with van der Waals surface area (Å²) in [6.07, 6.45) is 3.07. The van der Waals surface area contributed by atoms with Crippen LogP contribution in [0.3, 0.4) is 0 Å². The summed E-state index contributed by atoms with van der Waals surface area (Å²) in [5, 5.41) is 24.0. The fourth-order valence-electron chi connectivity index (χ4n) is 2.73. The Bertz CT molecular complexity index is 493. The molecule has 1 aliphatic carbocycles. The second-order valence-corrected chi connectivity index (χ2v) is 5.12. The summed E-state index contributed by atoms with van der Waals surface area (Å²) in [4.78, 5) is 0. The lowest BCUT2D eigenvalue weighted by Gasteiger charge is -2.19. The van der Waals surface area contributed by atoms with Gasteiger partial charge in [0.1, 0.15) is 5.82 Å². The third-order valence-electron chi connectivity index (χ3n) is 3.91. The zero-order valence-electron chi connectivity index (χ0n) is 11.2. The lowest BCUT2D eigenvalue weighted by atomic mass is 10.0. The lowest BCUT2D eigenvalue weighted by Crippen LogP contribution is -2.34. The van der Waals surface area contributed by atoms with Crippen molar-refractivity contribution < 1.29 is 14.7 Å². The fourth-order valence-corrected chi connectivity index (χ4v) is 2.73. The number of rotatable bonds is 5. The van der Waals surface area contributed by atoms with Crippen LogP contribution in [-0.4, -0.2) is 28.8 Å². The maximum Gasteiger partial charge on any atom is 0.173 e. The van der Waals surface area contributed by atoms with E-state index in [4.69, 9.17) is 10.9 Å². The van der Waals surface area contributed by atoms with E-state index in [-0.39, 0.29) is 30.0 Å². The minimum atomic E-state index is -0.478. The van der Waals surface area contributed by atoms with Gasteiger partial charge < -0.3 is 21.4 Å². The van der Waals surface area contributed by atoms with Gasteiger partial charge in [0.15, 0.2) is 5.84 Å². The molecule has 2 atom stereocenters. The van der Waals surface area contributed by atoms with Gasteiger partial charge in [-0.05, 0) is 24.8 Å². The Labute approximate surface area is 117 Å². The average Bonchev–Trinajstić information content (AvgIpc) is 2.93. The highest BCUT2D eigenvalue weighted by atomic mass is 19.1. The van der Waals surface area contributed by atoms with Crippen molar-refractivity contribution in [2.75, 3.05) is 6.61 Å². The quantitative estimate of drug-likeness (QED) is 0.282. The minimum absolute atomic E-state index is 0.0944. The van der Waals surface area contributed by atoms with Crippen LogP contribution in [0.25, 0.3) is 0 Å². The summed E-state index contributed by atoms with van der Waals surface area (Å²) in [6.45, 7) is 0.518. The number of aliphatic hydroxyl groups excluding tert-OH is 1. The molecule has 1 saturated carbocycles. The van der Waals surface area contributed by atoms with Crippen molar-refractivity contribution in [2.45, 2.75) is 31.8 Å². The zero-order chi connectivity index (χ0) is 14.5. The molecular formula is C14H20FN3O2. The molecule has 2 rings (SSSR count). The van der Waals surface area contributed by atoms with Gasteiger partial charge in [-0.2, -0.15) is 0 Å². The fraction of sp³-hybridized carbons (Fsp3) is 0.500. The third kappa shape index (κ3) is 3.08. The standard InChI is InChI=1S/C14H20FN3O2/c15-13-9(3-1-5-11(13)14(16)18-20)7-17-12-6-2-4-10(12)8-19/h1,3,5,10,12,17,19-20H,2,4,6-8H2,(H2,16,18). The van der Waals surface area contributed by atoms with E-state index in [9.17, 15) is 9.50 Å². The lowest BCUT2D eigenvalue weighted by molar-refractivity contribution is 0.205. The van der Waals surface area contributed by atoms with Gasteiger partial charge in [-0.3, -0.25) is 0 Å². The van der Waals surface area contributed by atoms with E-state index < -0.39 is 5.82 Å². The Morgan fingerprint density at radius 1 is 1.45 bits per heavy atom. The molecule has 1 fully saturated rings. The minimum Gasteiger partial charge on any atom is -0.409 e. The molecule has 0 amide bonds. The number of halogens is 1. The molecule has 1 aromatic rings. The van der Waals surface area contributed by atoms with Gasteiger partial charge in [-0.1, -0.05) is 23.7 Å². The maximum absolute atomic E-state index is 14.2. The molecule has 0 spiro atoms. The Kier molecular flexibility index (Phi) is 4.92. The second-order valence-electron chi connectivity index (χ2n) is 5.12. The van der Waals surface area contributed by atoms with Crippen molar-refractivity contribution in [1.82, 2.24) is 5.32 Å². The topological polar surface area (TPSA) is 90.9 Å². The normalized spacial score (nSPS) is 23.2. The van der Waals surface area contributed by atoms with Crippen molar-refractivity contribution in [2.24, 2.45) is 16.8 Å². The Morgan fingerprint density at radius 3 is 2.95 bits per heavy atom. The molecule has 0 radical (unpaired) electrons. The molecule has 1 aliphatic rings. The van der Waals surface area contributed by atoms with Crippen LogP contribution in [0.15, 0.2) is 23.4 Å². The molecule has 0 bridgehead atoms. The van der Waals surface area contributed by atoms with Gasteiger partial charge in [0.05, 0.1) is 5.56 Å². The predicted molar refractivity (Wildman–Crippen MR) is 74.0 cm³/mol. The number of amidine groups is 1. The highest BCUT2D eigenvalue weighted by molar-refractivity contribution is 5.97. The predicted octanol–water partition coefficient (Wildman–Crippen LogP) is 1.17. The van der Waals surface area contributed by atoms with E-state index in [2.05, 4.69) is 10.5 Å². The van der Waals surface area contributed by atoms with E-state index in [1.54, 1.807) is 12.1 Å². The molecule has 0 aromatic heterocycles. The first-order valence-electron chi connectivity index (χ1n) is 6.77. The number of benzene rings is 1. The van der Waals surface area contributed by atoms with Gasteiger partial charge in [0, 0.05) is 24.8 Å². The van der Waals surface area contributed by atoms with Gasteiger partial charge in [-0.15, -0.1) is 0 Å². The van der Waals surface area contributed by atoms with Crippen molar-refractivity contribution in [3.05, 3.63) is 35.1 Å². The summed E-state index contributed by atoms with van der Waals surface area (Å²) >= 11 is 0. The molecular weight excluding hydrogens is 261 g/mol. The second kappa shape index (κ2) is 6.67. The van der Waals surface area contributed by atoms with Gasteiger partial charge in [0.25, 0.3) is 0 Å². The smallest absolute Gasteiger partial charge is 0.173 e. The highest BCUT2D eigenvalue weighted by Crippen LogP contribution is 2.25.